The van der Waals surface area contributed by atoms with Crippen LogP contribution in [0.2, 0.25) is 0 Å². The maximum atomic E-state index is 12.2. The average Bonchev–Trinajstić information content (AvgIpc) is 2.72. The Kier molecular flexibility index (Phi) is 3.90. The highest BCUT2D eigenvalue weighted by Gasteiger charge is 2.27. The predicted molar refractivity (Wildman–Crippen MR) is 62.1 cm³/mol. The Morgan fingerprint density at radius 2 is 2.44 bits per heavy atom. The number of carbonyl (C=O) groups excluding carboxylic acids is 1. The van der Waals surface area contributed by atoms with E-state index in [1.807, 2.05) is 22.4 Å². The summed E-state index contributed by atoms with van der Waals surface area (Å²) in [6, 6.07) is 3.96. The molecule has 1 aliphatic heterocycles. The Bertz CT molecular complexity index is 336. The molecule has 0 aromatic carbocycles. The van der Waals surface area contributed by atoms with Gasteiger partial charge in [-0.1, -0.05) is 6.07 Å². The molecular weight excluding hydrogens is 227 g/mol. The minimum Gasteiger partial charge on any atom is -0.350 e. The molecular formula is C11H15FN2OS. The number of halogens is 1. The Hall–Kier alpha value is -0.940. The standard InChI is InChI=1S/C11H15FN2OS/c12-4-9-6-14(7-9)8-11(15)13-5-10-2-1-3-16-10/h1-3,9H,4-8H2,(H,13,15). The van der Waals surface area contributed by atoms with Gasteiger partial charge in [-0.15, -0.1) is 11.3 Å². The number of hydrogen-bond donors (Lipinski definition) is 1. The van der Waals surface area contributed by atoms with Gasteiger partial charge in [0.1, 0.15) is 0 Å². The Labute approximate surface area is 98.3 Å². The van der Waals surface area contributed by atoms with Crippen LogP contribution in [-0.2, 0) is 11.3 Å². The summed E-state index contributed by atoms with van der Waals surface area (Å²) in [5.74, 6) is 0.163. The summed E-state index contributed by atoms with van der Waals surface area (Å²) >= 11 is 1.63. The first-order valence-corrected chi connectivity index (χ1v) is 6.23. The van der Waals surface area contributed by atoms with E-state index in [1.54, 1.807) is 11.3 Å². The lowest BCUT2D eigenvalue weighted by Crippen LogP contribution is -2.51. The van der Waals surface area contributed by atoms with Crippen molar-refractivity contribution in [2.75, 3.05) is 26.3 Å². The first-order chi connectivity index (χ1) is 7.78. The maximum Gasteiger partial charge on any atom is 0.234 e. The van der Waals surface area contributed by atoms with Crippen LogP contribution in [0.4, 0.5) is 4.39 Å². The van der Waals surface area contributed by atoms with E-state index in [1.165, 1.54) is 0 Å². The molecule has 0 unspecified atom stereocenters. The second-order valence-electron chi connectivity index (χ2n) is 4.07. The Morgan fingerprint density at radius 1 is 1.62 bits per heavy atom. The van der Waals surface area contributed by atoms with Crippen molar-refractivity contribution in [1.82, 2.24) is 10.2 Å². The molecule has 1 amide bonds. The van der Waals surface area contributed by atoms with Crippen molar-refractivity contribution < 1.29 is 9.18 Å². The second kappa shape index (κ2) is 5.41. The van der Waals surface area contributed by atoms with Crippen molar-refractivity contribution in [1.29, 1.82) is 0 Å². The van der Waals surface area contributed by atoms with Crippen LogP contribution in [0, 0.1) is 5.92 Å². The van der Waals surface area contributed by atoms with Crippen molar-refractivity contribution in [3.8, 4) is 0 Å². The lowest BCUT2D eigenvalue weighted by molar-refractivity contribution is -0.124. The third-order valence-electron chi connectivity index (χ3n) is 2.66. The van der Waals surface area contributed by atoms with E-state index in [9.17, 15) is 9.18 Å². The number of nitrogens with zero attached hydrogens (tertiary/aromatic N) is 1. The van der Waals surface area contributed by atoms with E-state index >= 15 is 0 Å². The van der Waals surface area contributed by atoms with E-state index in [0.29, 0.717) is 26.2 Å². The minimum atomic E-state index is -0.271. The largest absolute Gasteiger partial charge is 0.350 e. The van der Waals surface area contributed by atoms with E-state index in [-0.39, 0.29) is 18.5 Å². The van der Waals surface area contributed by atoms with Gasteiger partial charge in [0.2, 0.25) is 5.91 Å². The molecule has 88 valence electrons. The quantitative estimate of drug-likeness (QED) is 0.843. The van der Waals surface area contributed by atoms with Crippen LogP contribution in [-0.4, -0.2) is 37.1 Å². The van der Waals surface area contributed by atoms with Gasteiger partial charge < -0.3 is 5.32 Å². The van der Waals surface area contributed by atoms with Crippen molar-refractivity contribution >= 4 is 17.2 Å². The van der Waals surface area contributed by atoms with Crippen molar-refractivity contribution in [3.05, 3.63) is 22.4 Å². The SMILES string of the molecule is O=C(CN1CC(CF)C1)NCc1cccs1. The zero-order chi connectivity index (χ0) is 11.4. The molecule has 1 saturated heterocycles. The molecule has 1 aromatic heterocycles. The molecule has 3 nitrogen and oxygen atoms in total. The zero-order valence-electron chi connectivity index (χ0n) is 8.99. The van der Waals surface area contributed by atoms with E-state index in [2.05, 4.69) is 5.32 Å². The molecule has 1 N–H and O–H groups in total. The summed E-state index contributed by atoms with van der Waals surface area (Å²) in [5.41, 5.74) is 0. The fourth-order valence-corrected chi connectivity index (χ4v) is 2.41. The summed E-state index contributed by atoms with van der Waals surface area (Å²) in [5, 5.41) is 4.84. The Morgan fingerprint density at radius 3 is 3.06 bits per heavy atom. The van der Waals surface area contributed by atoms with Crippen LogP contribution in [0.15, 0.2) is 17.5 Å². The molecule has 1 aliphatic rings. The lowest BCUT2D eigenvalue weighted by atomic mass is 10.0. The molecule has 16 heavy (non-hydrogen) atoms. The number of nitrogens with one attached hydrogen (secondary N) is 1. The average molecular weight is 242 g/mol. The first kappa shape index (κ1) is 11.5. The van der Waals surface area contributed by atoms with Crippen molar-refractivity contribution in [2.45, 2.75) is 6.54 Å². The van der Waals surface area contributed by atoms with Crippen molar-refractivity contribution in [3.63, 3.8) is 0 Å². The number of likely N-dealkylation sites (tertiary alicyclic amines) is 1. The molecule has 5 heteroatoms. The lowest BCUT2D eigenvalue weighted by Gasteiger charge is -2.36. The van der Waals surface area contributed by atoms with Crippen LogP contribution < -0.4 is 5.32 Å². The van der Waals surface area contributed by atoms with Gasteiger partial charge in [-0.3, -0.25) is 14.1 Å². The van der Waals surface area contributed by atoms with Crippen LogP contribution >= 0.6 is 11.3 Å². The summed E-state index contributed by atoms with van der Waals surface area (Å²) in [6.45, 7) is 2.14. The van der Waals surface area contributed by atoms with E-state index < -0.39 is 0 Å². The third-order valence-corrected chi connectivity index (χ3v) is 3.53. The van der Waals surface area contributed by atoms with Crippen molar-refractivity contribution in [2.24, 2.45) is 5.92 Å². The summed E-state index contributed by atoms with van der Waals surface area (Å²) in [6.07, 6.45) is 0. The van der Waals surface area contributed by atoms with Gasteiger partial charge in [-0.2, -0.15) is 0 Å². The number of carbonyl (C=O) groups is 1. The van der Waals surface area contributed by atoms with Gasteiger partial charge in [0.15, 0.2) is 0 Å². The fraction of sp³-hybridized carbons (Fsp3) is 0.545. The monoisotopic (exact) mass is 242 g/mol. The summed E-state index contributed by atoms with van der Waals surface area (Å²) < 4.78 is 12.2. The highest BCUT2D eigenvalue weighted by molar-refractivity contribution is 7.09. The highest BCUT2D eigenvalue weighted by atomic mass is 32.1. The molecule has 0 radical (unpaired) electrons. The molecule has 0 aliphatic carbocycles. The normalized spacial score (nSPS) is 17.1. The number of rotatable bonds is 5. The number of alkyl halides is 1. The number of amides is 1. The van der Waals surface area contributed by atoms with Crippen LogP contribution in [0.25, 0.3) is 0 Å². The topological polar surface area (TPSA) is 32.3 Å². The molecule has 0 saturated carbocycles. The summed E-state index contributed by atoms with van der Waals surface area (Å²) in [4.78, 5) is 14.6. The number of thiophene rings is 1. The second-order valence-corrected chi connectivity index (χ2v) is 5.10. The van der Waals surface area contributed by atoms with Gasteiger partial charge in [0.25, 0.3) is 0 Å². The van der Waals surface area contributed by atoms with Crippen LogP contribution in [0.3, 0.4) is 0 Å². The minimum absolute atomic E-state index is 0.0192. The van der Waals surface area contributed by atoms with Gasteiger partial charge in [-0.25, -0.2) is 0 Å². The fourth-order valence-electron chi connectivity index (χ4n) is 1.76. The van der Waals surface area contributed by atoms with Gasteiger partial charge in [0, 0.05) is 23.9 Å². The predicted octanol–water partition coefficient (Wildman–Crippen LogP) is 1.27. The van der Waals surface area contributed by atoms with E-state index in [4.69, 9.17) is 0 Å². The van der Waals surface area contributed by atoms with Crippen LogP contribution in [0.5, 0.6) is 0 Å². The Balaban J connectivity index is 1.62. The number of hydrogen-bond acceptors (Lipinski definition) is 3. The molecule has 2 heterocycles. The molecule has 2 rings (SSSR count). The third kappa shape index (κ3) is 3.02. The van der Waals surface area contributed by atoms with Gasteiger partial charge in [0.05, 0.1) is 19.8 Å². The van der Waals surface area contributed by atoms with Gasteiger partial charge >= 0.3 is 0 Å². The first-order valence-electron chi connectivity index (χ1n) is 5.35. The summed E-state index contributed by atoms with van der Waals surface area (Å²) in [7, 11) is 0. The molecule has 0 spiro atoms. The van der Waals surface area contributed by atoms with Crippen LogP contribution in [0.1, 0.15) is 4.88 Å². The molecule has 1 fully saturated rings. The smallest absolute Gasteiger partial charge is 0.234 e. The molecule has 0 atom stereocenters. The zero-order valence-corrected chi connectivity index (χ0v) is 9.80. The van der Waals surface area contributed by atoms with E-state index in [0.717, 1.165) is 4.88 Å². The molecule has 0 bridgehead atoms. The van der Waals surface area contributed by atoms with Gasteiger partial charge in [-0.05, 0) is 11.4 Å². The highest BCUT2D eigenvalue weighted by Crippen LogP contribution is 2.14. The molecule has 1 aromatic rings. The maximum absolute atomic E-state index is 12.2.